The fraction of sp³-hybridized carbons (Fsp3) is 0.0476. The minimum absolute atomic E-state index is 0.259. The number of rotatable bonds is 15. The highest BCUT2D eigenvalue weighted by atomic mass is 19.2. The first-order valence-electron chi connectivity index (χ1n) is 30.8. The number of anilines is 3. The Morgan fingerprint density at radius 1 is 0.358 bits per heavy atom. The molecule has 12 aromatic rings. The average molecular weight is 1260 g/mol. The molecule has 0 aromatic heterocycles. The smallest absolute Gasteiger partial charge is 0.194 e. The largest absolute Gasteiger partial charge is 0.457 e. The molecule has 15 rings (SSSR count). The van der Waals surface area contributed by atoms with E-state index in [0.717, 1.165) is 33.4 Å². The molecule has 0 saturated heterocycles. The first-order valence-corrected chi connectivity index (χ1v) is 30.8. The molecule has 0 bridgehead atoms. The lowest BCUT2D eigenvalue weighted by molar-refractivity contribution is 0.414. The van der Waals surface area contributed by atoms with Crippen LogP contribution in [0.15, 0.2) is 280 Å². The third kappa shape index (κ3) is 9.79. The van der Waals surface area contributed by atoms with E-state index < -0.39 is 68.5 Å². The van der Waals surface area contributed by atoms with Crippen LogP contribution in [0.3, 0.4) is 0 Å². The standard InChI is InChI=1S/C84H53F8NO2/c1-3-50-25-35-59(36-26-50)94-61-39-29-54(30-40-61)83(77-73(85)48-75(87)79(89)81(77)91)69-23-12-10-21-65(69)67-43-33-57(46-71(67)83)93(56-18-14-17-53(45-56)64-20-9-8-19-63(64)52-15-6-5-7-16-52)58-34-44-68-66-22-11-13-24-70(66)84(72(68)47-58,78-74(86)49-76(88)80(90)82(78)92)55-31-41-62(42-32-55)95-60-37-27-51(4-2)28-38-60/h3-12,14-23,25-49H,1-2,13,24H2. The van der Waals surface area contributed by atoms with Gasteiger partial charge in [0.2, 0.25) is 0 Å². The molecule has 95 heavy (non-hydrogen) atoms. The van der Waals surface area contributed by atoms with Crippen molar-refractivity contribution in [1.82, 2.24) is 0 Å². The van der Waals surface area contributed by atoms with Crippen LogP contribution in [0, 0.1) is 46.5 Å². The molecular weight excluding hydrogens is 1210 g/mol. The summed E-state index contributed by atoms with van der Waals surface area (Å²) in [5.74, 6) is -11.5. The first-order chi connectivity index (χ1) is 46.3. The summed E-state index contributed by atoms with van der Waals surface area (Å²) >= 11 is 0. The van der Waals surface area contributed by atoms with Crippen LogP contribution < -0.4 is 14.4 Å². The lowest BCUT2D eigenvalue weighted by Crippen LogP contribution is -2.33. The van der Waals surface area contributed by atoms with Gasteiger partial charge in [-0.15, -0.1) is 0 Å². The van der Waals surface area contributed by atoms with Gasteiger partial charge in [-0.3, -0.25) is 0 Å². The molecule has 462 valence electrons. The summed E-state index contributed by atoms with van der Waals surface area (Å²) in [6, 6.07) is 72.0. The molecule has 11 heteroatoms. The SMILES string of the molecule is C=Cc1ccc(Oc2ccc(C3(c4c(F)cc(F)c(F)c4F)C4=C(C=CCC4)c4ccc(N(c5cccc(-c6ccccc6-c6ccccc6)c5)c5ccc6c(c5)C(c5ccc(Oc7ccc(C=C)cc7)cc5)(c5c(F)cc(F)c(F)c5F)c5ccccc5-6)cc43)cc2)cc1. The number of hydrogen-bond acceptors (Lipinski definition) is 3. The van der Waals surface area contributed by atoms with Crippen molar-refractivity contribution < 1.29 is 44.6 Å². The molecule has 0 radical (unpaired) electrons. The van der Waals surface area contributed by atoms with E-state index in [1.165, 1.54) is 0 Å². The van der Waals surface area contributed by atoms with E-state index in [1.807, 2.05) is 144 Å². The van der Waals surface area contributed by atoms with Gasteiger partial charge in [-0.2, -0.15) is 0 Å². The summed E-state index contributed by atoms with van der Waals surface area (Å²) in [6.07, 6.45) is 7.95. The Hall–Kier alpha value is -11.6. The first kappa shape index (κ1) is 59.7. The second kappa shape index (κ2) is 23.8. The molecule has 0 amide bonds. The molecule has 0 spiro atoms. The van der Waals surface area contributed by atoms with Crippen molar-refractivity contribution in [1.29, 1.82) is 0 Å². The Labute approximate surface area is 543 Å². The van der Waals surface area contributed by atoms with Crippen LogP contribution >= 0.6 is 0 Å². The molecule has 0 fully saturated rings. The van der Waals surface area contributed by atoms with Crippen molar-refractivity contribution in [2.45, 2.75) is 23.7 Å². The van der Waals surface area contributed by atoms with Crippen LogP contribution in [0.4, 0.5) is 52.2 Å². The number of fused-ring (bicyclic) bond motifs is 5. The van der Waals surface area contributed by atoms with E-state index >= 15 is 35.1 Å². The van der Waals surface area contributed by atoms with Gasteiger partial charge in [0.05, 0.1) is 10.8 Å². The molecule has 0 N–H and O–H groups in total. The van der Waals surface area contributed by atoms with Gasteiger partial charge in [-0.25, -0.2) is 35.1 Å². The maximum absolute atomic E-state index is 17.5. The van der Waals surface area contributed by atoms with E-state index in [4.69, 9.17) is 9.47 Å². The molecule has 0 aliphatic heterocycles. The summed E-state index contributed by atoms with van der Waals surface area (Å²) in [7, 11) is 0. The van der Waals surface area contributed by atoms with Crippen molar-refractivity contribution in [3.8, 4) is 56.4 Å². The molecule has 3 nitrogen and oxygen atoms in total. The van der Waals surface area contributed by atoms with E-state index in [2.05, 4.69) is 13.2 Å². The minimum atomic E-state index is -2.05. The van der Waals surface area contributed by atoms with Crippen molar-refractivity contribution in [2.24, 2.45) is 0 Å². The molecular formula is C84H53F8NO2. The average Bonchev–Trinajstić information content (AvgIpc) is 1.56. The Morgan fingerprint density at radius 2 is 0.800 bits per heavy atom. The molecule has 3 aliphatic carbocycles. The third-order valence-electron chi connectivity index (χ3n) is 18.5. The van der Waals surface area contributed by atoms with Crippen LogP contribution in [-0.2, 0) is 10.8 Å². The highest BCUT2D eigenvalue weighted by molar-refractivity contribution is 5.95. The van der Waals surface area contributed by atoms with Crippen LogP contribution in [0.2, 0.25) is 0 Å². The quantitative estimate of drug-likeness (QED) is 0.0580. The number of ether oxygens (including phenoxy) is 2. The summed E-state index contributed by atoms with van der Waals surface area (Å²) in [6.45, 7) is 7.67. The van der Waals surface area contributed by atoms with Crippen LogP contribution in [0.1, 0.15) is 68.5 Å². The highest BCUT2D eigenvalue weighted by Gasteiger charge is 2.53. The van der Waals surface area contributed by atoms with Crippen LogP contribution in [0.25, 0.3) is 51.1 Å². The van der Waals surface area contributed by atoms with Crippen molar-refractivity contribution >= 4 is 34.8 Å². The number of benzene rings is 12. The van der Waals surface area contributed by atoms with Crippen LogP contribution in [-0.4, -0.2) is 0 Å². The van der Waals surface area contributed by atoms with Crippen LogP contribution in [0.5, 0.6) is 23.0 Å². The minimum Gasteiger partial charge on any atom is -0.457 e. The van der Waals surface area contributed by atoms with E-state index in [-0.39, 0.29) is 17.5 Å². The zero-order chi connectivity index (χ0) is 65.3. The number of allylic oxidation sites excluding steroid dienone is 4. The fourth-order valence-electron chi connectivity index (χ4n) is 14.4. The predicted molar refractivity (Wildman–Crippen MR) is 360 cm³/mol. The van der Waals surface area contributed by atoms with E-state index in [9.17, 15) is 0 Å². The molecule has 12 aromatic carbocycles. The number of halogens is 8. The maximum atomic E-state index is 17.5. The Kier molecular flexibility index (Phi) is 15.0. The molecule has 0 heterocycles. The van der Waals surface area contributed by atoms with Gasteiger partial charge in [0.1, 0.15) is 34.6 Å². The zero-order valence-electron chi connectivity index (χ0n) is 50.6. The Bertz CT molecular complexity index is 5140. The van der Waals surface area contributed by atoms with Crippen molar-refractivity contribution in [3.63, 3.8) is 0 Å². The molecule has 2 unspecified atom stereocenters. The maximum Gasteiger partial charge on any atom is 0.194 e. The van der Waals surface area contributed by atoms with Crippen molar-refractivity contribution in [3.05, 3.63) is 382 Å². The summed E-state index contributed by atoms with van der Waals surface area (Å²) in [4.78, 5) is 1.90. The van der Waals surface area contributed by atoms with Crippen molar-refractivity contribution in [2.75, 3.05) is 4.90 Å². The second-order valence-electron chi connectivity index (χ2n) is 23.6. The normalized spacial score (nSPS) is 15.8. The van der Waals surface area contributed by atoms with Gasteiger partial charge >= 0.3 is 0 Å². The number of nitrogens with zero attached hydrogens (tertiary/aromatic N) is 1. The van der Waals surface area contributed by atoms with Gasteiger partial charge in [-0.05, 0) is 187 Å². The molecule has 2 atom stereocenters. The van der Waals surface area contributed by atoms with Gasteiger partial charge in [0, 0.05) is 40.3 Å². The summed E-state index contributed by atoms with van der Waals surface area (Å²) in [5.41, 5.74) is 5.43. The Morgan fingerprint density at radius 3 is 1.36 bits per heavy atom. The fourth-order valence-corrected chi connectivity index (χ4v) is 14.4. The predicted octanol–water partition coefficient (Wildman–Crippen LogP) is 23.3. The highest BCUT2D eigenvalue weighted by Crippen LogP contribution is 2.62. The van der Waals surface area contributed by atoms with Gasteiger partial charge < -0.3 is 14.4 Å². The Balaban J connectivity index is 0.988. The van der Waals surface area contributed by atoms with Gasteiger partial charge in [-0.1, -0.05) is 189 Å². The summed E-state index contributed by atoms with van der Waals surface area (Å²) < 4.78 is 146. The van der Waals surface area contributed by atoms with Gasteiger partial charge in [0.25, 0.3) is 0 Å². The van der Waals surface area contributed by atoms with Gasteiger partial charge in [0.15, 0.2) is 34.9 Å². The third-order valence-corrected chi connectivity index (χ3v) is 18.5. The second-order valence-corrected chi connectivity index (χ2v) is 23.6. The summed E-state index contributed by atoms with van der Waals surface area (Å²) in [5, 5.41) is 0. The zero-order valence-corrected chi connectivity index (χ0v) is 50.6. The lowest BCUT2D eigenvalue weighted by atomic mass is 9.65. The number of hydrogen-bond donors (Lipinski definition) is 0. The van der Waals surface area contributed by atoms with E-state index in [1.54, 1.807) is 121 Å². The lowest BCUT2D eigenvalue weighted by Gasteiger charge is -2.37. The molecule has 3 aliphatic rings. The monoisotopic (exact) mass is 1260 g/mol. The molecule has 0 saturated carbocycles. The topological polar surface area (TPSA) is 21.7 Å². The van der Waals surface area contributed by atoms with E-state index in [0.29, 0.717) is 103 Å².